The maximum Gasteiger partial charge on any atom is 0.291 e. The zero-order valence-corrected chi connectivity index (χ0v) is 28.2. The van der Waals surface area contributed by atoms with Crippen molar-refractivity contribution in [2.45, 2.75) is 19.9 Å². The Morgan fingerprint density at radius 3 is 2.36 bits per heavy atom. The van der Waals surface area contributed by atoms with Crippen LogP contribution in [0, 0.1) is 6.92 Å². The van der Waals surface area contributed by atoms with Gasteiger partial charge in [-0.15, -0.1) is 0 Å². The van der Waals surface area contributed by atoms with E-state index in [0.717, 1.165) is 42.5 Å². The SMILES string of the molecule is COc1cc(NC(=O)c2cc(=O)c3ccccc3o2)c(C(=O)Nc2ccc(CCN(C)Cc3cccc(-n4cnc(C)c4)c3)cc2)cc1OC. The van der Waals surface area contributed by atoms with Gasteiger partial charge in [0.25, 0.3) is 11.8 Å². The minimum atomic E-state index is -0.704. The first kappa shape index (κ1) is 33.7. The third-order valence-corrected chi connectivity index (χ3v) is 8.24. The van der Waals surface area contributed by atoms with Gasteiger partial charge in [-0.1, -0.05) is 36.4 Å². The van der Waals surface area contributed by atoms with Crippen LogP contribution in [0.25, 0.3) is 16.7 Å². The first-order valence-electron chi connectivity index (χ1n) is 16.0. The highest BCUT2D eigenvalue weighted by Gasteiger charge is 2.21. The molecule has 2 N–H and O–H groups in total. The highest BCUT2D eigenvalue weighted by molar-refractivity contribution is 6.12. The lowest BCUT2D eigenvalue weighted by Crippen LogP contribution is -2.21. The Balaban J connectivity index is 1.11. The van der Waals surface area contributed by atoms with Crippen LogP contribution in [0.2, 0.25) is 0 Å². The largest absolute Gasteiger partial charge is 0.493 e. The van der Waals surface area contributed by atoms with Gasteiger partial charge in [-0.3, -0.25) is 14.4 Å². The summed E-state index contributed by atoms with van der Waals surface area (Å²) in [6, 6.07) is 26.8. The first-order chi connectivity index (χ1) is 24.2. The highest BCUT2D eigenvalue weighted by Crippen LogP contribution is 2.34. The quantitative estimate of drug-likeness (QED) is 0.151. The van der Waals surface area contributed by atoms with Gasteiger partial charge in [-0.05, 0) is 74.0 Å². The molecule has 0 aliphatic carbocycles. The number of hydrogen-bond donors (Lipinski definition) is 2. The van der Waals surface area contributed by atoms with Gasteiger partial charge in [0.15, 0.2) is 22.7 Å². The van der Waals surface area contributed by atoms with Gasteiger partial charge < -0.3 is 34.0 Å². The molecular formula is C39H37N5O6. The molecule has 0 fully saturated rings. The van der Waals surface area contributed by atoms with Crippen LogP contribution in [-0.2, 0) is 13.0 Å². The van der Waals surface area contributed by atoms with Crippen LogP contribution < -0.4 is 25.5 Å². The Bertz CT molecular complexity index is 2220. The molecule has 50 heavy (non-hydrogen) atoms. The molecule has 0 aliphatic rings. The Hall–Kier alpha value is -6.20. The summed E-state index contributed by atoms with van der Waals surface area (Å²) in [5, 5.41) is 5.96. The molecule has 2 aromatic heterocycles. The molecule has 0 radical (unpaired) electrons. The lowest BCUT2D eigenvalue weighted by molar-refractivity contribution is 0.0997. The molecule has 0 saturated heterocycles. The molecule has 6 aromatic rings. The number of anilines is 2. The zero-order chi connectivity index (χ0) is 35.2. The second-order valence-electron chi connectivity index (χ2n) is 11.9. The Morgan fingerprint density at radius 1 is 0.860 bits per heavy atom. The van der Waals surface area contributed by atoms with E-state index >= 15 is 0 Å². The van der Waals surface area contributed by atoms with E-state index in [-0.39, 0.29) is 28.0 Å². The predicted molar refractivity (Wildman–Crippen MR) is 193 cm³/mol. The number of aromatic nitrogens is 2. The van der Waals surface area contributed by atoms with Crippen molar-refractivity contribution in [2.75, 3.05) is 38.4 Å². The molecule has 0 spiro atoms. The second kappa shape index (κ2) is 14.9. The Morgan fingerprint density at radius 2 is 1.62 bits per heavy atom. The van der Waals surface area contributed by atoms with E-state index in [0.29, 0.717) is 22.6 Å². The van der Waals surface area contributed by atoms with Gasteiger partial charge in [-0.2, -0.15) is 0 Å². The van der Waals surface area contributed by atoms with Crippen molar-refractivity contribution < 1.29 is 23.5 Å². The van der Waals surface area contributed by atoms with Gasteiger partial charge in [0.05, 0.1) is 42.9 Å². The zero-order valence-electron chi connectivity index (χ0n) is 28.2. The third kappa shape index (κ3) is 7.74. The summed E-state index contributed by atoms with van der Waals surface area (Å²) in [4.78, 5) is 46.1. The fraction of sp³-hybridized carbons (Fsp3) is 0.179. The predicted octanol–water partition coefficient (Wildman–Crippen LogP) is 6.48. The number of methoxy groups -OCH3 is 2. The molecular weight excluding hydrogens is 634 g/mol. The van der Waals surface area contributed by atoms with Crippen LogP contribution in [0.4, 0.5) is 11.4 Å². The van der Waals surface area contributed by atoms with Crippen LogP contribution in [0.1, 0.15) is 37.7 Å². The highest BCUT2D eigenvalue weighted by atomic mass is 16.5. The molecule has 0 bridgehead atoms. The Labute approximate surface area is 289 Å². The molecule has 0 unspecified atom stereocenters. The summed E-state index contributed by atoms with van der Waals surface area (Å²) < 4.78 is 18.6. The number of benzene rings is 4. The summed E-state index contributed by atoms with van der Waals surface area (Å²) in [6.45, 7) is 3.61. The topological polar surface area (TPSA) is 128 Å². The number of imidazole rings is 1. The summed E-state index contributed by atoms with van der Waals surface area (Å²) in [7, 11) is 5.00. The first-order valence-corrected chi connectivity index (χ1v) is 16.0. The van der Waals surface area contributed by atoms with E-state index in [1.165, 1.54) is 31.9 Å². The standard InChI is InChI=1S/C39H37N5O6/c1-25-22-44(24-40-25)29-9-7-8-27(18-29)23-43(2)17-16-26-12-14-28(15-13-26)41-38(46)31-19-35(48-3)36(49-4)20-32(31)42-39(47)37-21-33(45)30-10-5-6-11-34(30)50-37/h5-15,18-22,24H,16-17,23H2,1-4H3,(H,41,46)(H,42,47). The van der Waals surface area contributed by atoms with E-state index in [4.69, 9.17) is 13.9 Å². The molecule has 2 heterocycles. The molecule has 2 amide bonds. The molecule has 254 valence electrons. The summed E-state index contributed by atoms with van der Waals surface area (Å²) >= 11 is 0. The number of carbonyl (C=O) groups is 2. The molecule has 4 aromatic carbocycles. The van der Waals surface area contributed by atoms with Crippen molar-refractivity contribution >= 4 is 34.2 Å². The monoisotopic (exact) mass is 671 g/mol. The number of ether oxygens (including phenoxy) is 2. The molecule has 11 nitrogen and oxygen atoms in total. The van der Waals surface area contributed by atoms with Gasteiger partial charge in [0, 0.05) is 42.8 Å². The van der Waals surface area contributed by atoms with Gasteiger partial charge in [-0.25, -0.2) is 4.98 Å². The summed E-state index contributed by atoms with van der Waals surface area (Å²) in [5.41, 5.74) is 5.14. The van der Waals surface area contributed by atoms with Gasteiger partial charge >= 0.3 is 0 Å². The smallest absolute Gasteiger partial charge is 0.291 e. The normalized spacial score (nSPS) is 11.1. The number of amides is 2. The third-order valence-electron chi connectivity index (χ3n) is 8.24. The Kier molecular flexibility index (Phi) is 10.1. The van der Waals surface area contributed by atoms with Crippen molar-refractivity contribution in [2.24, 2.45) is 0 Å². The average molecular weight is 672 g/mol. The molecule has 0 aliphatic heterocycles. The molecule has 6 rings (SSSR count). The maximum absolute atomic E-state index is 13.6. The van der Waals surface area contributed by atoms with Gasteiger partial charge in [0.2, 0.25) is 0 Å². The molecule has 0 atom stereocenters. The van der Waals surface area contributed by atoms with E-state index in [9.17, 15) is 14.4 Å². The summed E-state index contributed by atoms with van der Waals surface area (Å²) in [5.74, 6) is -0.786. The van der Waals surface area contributed by atoms with Crippen LogP contribution in [0.3, 0.4) is 0 Å². The average Bonchev–Trinajstić information content (AvgIpc) is 3.57. The fourth-order valence-electron chi connectivity index (χ4n) is 5.61. The number of aryl methyl sites for hydroxylation is 1. The van der Waals surface area contributed by atoms with Crippen molar-refractivity contribution in [3.8, 4) is 17.2 Å². The fourth-order valence-corrected chi connectivity index (χ4v) is 5.61. The number of para-hydroxylation sites is 1. The van der Waals surface area contributed by atoms with Crippen LogP contribution in [0.5, 0.6) is 11.5 Å². The van der Waals surface area contributed by atoms with E-state index in [1.54, 1.807) is 24.3 Å². The number of carbonyl (C=O) groups excluding carboxylic acids is 2. The van der Waals surface area contributed by atoms with Crippen LogP contribution in [-0.4, -0.2) is 54.1 Å². The van der Waals surface area contributed by atoms with E-state index in [1.807, 2.05) is 48.3 Å². The van der Waals surface area contributed by atoms with Crippen LogP contribution in [0.15, 0.2) is 113 Å². The summed E-state index contributed by atoms with van der Waals surface area (Å²) in [6.07, 6.45) is 4.65. The number of fused-ring (bicyclic) bond motifs is 1. The van der Waals surface area contributed by atoms with Crippen molar-refractivity contribution in [1.29, 1.82) is 0 Å². The van der Waals surface area contributed by atoms with Crippen LogP contribution >= 0.6 is 0 Å². The lowest BCUT2D eigenvalue weighted by Gasteiger charge is -2.18. The number of rotatable bonds is 12. The number of nitrogens with one attached hydrogen (secondary N) is 2. The van der Waals surface area contributed by atoms with Crippen molar-refractivity contribution in [3.05, 3.63) is 142 Å². The molecule has 0 saturated carbocycles. The molecule has 11 heteroatoms. The number of hydrogen-bond acceptors (Lipinski definition) is 8. The minimum Gasteiger partial charge on any atom is -0.493 e. The second-order valence-corrected chi connectivity index (χ2v) is 11.9. The lowest BCUT2D eigenvalue weighted by atomic mass is 10.1. The van der Waals surface area contributed by atoms with Crippen molar-refractivity contribution in [3.63, 3.8) is 0 Å². The number of nitrogens with zero attached hydrogens (tertiary/aromatic N) is 3. The number of likely N-dealkylation sites (N-methyl/N-ethyl adjacent to an activating group) is 1. The van der Waals surface area contributed by atoms with E-state index < -0.39 is 11.8 Å². The van der Waals surface area contributed by atoms with Crippen molar-refractivity contribution in [1.82, 2.24) is 14.5 Å². The minimum absolute atomic E-state index is 0.122. The van der Waals surface area contributed by atoms with Gasteiger partial charge in [0.1, 0.15) is 5.58 Å². The van der Waals surface area contributed by atoms with E-state index in [2.05, 4.69) is 51.8 Å². The maximum atomic E-state index is 13.6.